The van der Waals surface area contributed by atoms with Crippen LogP contribution in [0.4, 0.5) is 0 Å². The lowest BCUT2D eigenvalue weighted by Gasteiger charge is -2.11. The molecule has 1 aromatic heterocycles. The molecule has 7 nitrogen and oxygen atoms in total. The van der Waals surface area contributed by atoms with Gasteiger partial charge in [0, 0.05) is 38.2 Å². The van der Waals surface area contributed by atoms with Gasteiger partial charge in [-0.3, -0.25) is 4.79 Å². The second kappa shape index (κ2) is 11.2. The van der Waals surface area contributed by atoms with Crippen LogP contribution >= 0.6 is 0 Å². The molecule has 0 saturated heterocycles. The van der Waals surface area contributed by atoms with E-state index in [4.69, 9.17) is 4.52 Å². The minimum absolute atomic E-state index is 0.00475. The lowest BCUT2D eigenvalue weighted by molar-refractivity contribution is 0.0827. The highest BCUT2D eigenvalue weighted by molar-refractivity contribution is 5.93. The maximum absolute atomic E-state index is 12.0. The van der Waals surface area contributed by atoms with E-state index in [2.05, 4.69) is 34.6 Å². The van der Waals surface area contributed by atoms with Gasteiger partial charge >= 0.3 is 0 Å². The van der Waals surface area contributed by atoms with Crippen molar-refractivity contribution in [3.05, 3.63) is 52.9 Å². The monoisotopic (exact) mass is 399 g/mol. The number of nitrogens with one attached hydrogen (secondary N) is 2. The molecule has 0 aliphatic heterocycles. The number of carbonyl (C=O) groups is 1. The van der Waals surface area contributed by atoms with Gasteiger partial charge in [0.15, 0.2) is 11.7 Å². The fraction of sp³-hybridized carbons (Fsp3) is 0.500. The first kappa shape index (κ1) is 22.5. The summed E-state index contributed by atoms with van der Waals surface area (Å²) in [7, 11) is 3.49. The summed E-state index contributed by atoms with van der Waals surface area (Å²) in [5.41, 5.74) is 2.72. The smallest absolute Gasteiger partial charge is 0.253 e. The Bertz CT molecular complexity index is 792. The SMILES string of the molecule is CCNC(=NCc1ccc(C(=O)N(C)C)cc1)NCc1cc(C(CC)CC)no1. The molecule has 2 rings (SSSR count). The van der Waals surface area contributed by atoms with Crippen molar-refractivity contribution in [2.75, 3.05) is 20.6 Å². The third-order valence-electron chi connectivity index (χ3n) is 4.78. The maximum Gasteiger partial charge on any atom is 0.253 e. The number of benzene rings is 1. The molecule has 7 heteroatoms. The van der Waals surface area contributed by atoms with Gasteiger partial charge in [-0.15, -0.1) is 0 Å². The summed E-state index contributed by atoms with van der Waals surface area (Å²) in [5, 5.41) is 10.7. The summed E-state index contributed by atoms with van der Waals surface area (Å²) in [6, 6.07) is 9.56. The summed E-state index contributed by atoms with van der Waals surface area (Å²) in [6.07, 6.45) is 2.11. The zero-order valence-corrected chi connectivity index (χ0v) is 18.2. The average Bonchev–Trinajstić information content (AvgIpc) is 3.19. The number of aliphatic imine (C=N–C) groups is 1. The molecule has 0 bridgehead atoms. The van der Waals surface area contributed by atoms with Gasteiger partial charge in [-0.25, -0.2) is 4.99 Å². The third kappa shape index (κ3) is 6.62. The van der Waals surface area contributed by atoms with Crippen LogP contribution in [-0.4, -0.2) is 42.6 Å². The Kier molecular flexibility index (Phi) is 8.70. The highest BCUT2D eigenvalue weighted by atomic mass is 16.5. The van der Waals surface area contributed by atoms with Gasteiger partial charge in [-0.05, 0) is 37.5 Å². The number of hydrogen-bond donors (Lipinski definition) is 2. The normalized spacial score (nSPS) is 11.6. The van der Waals surface area contributed by atoms with Crippen LogP contribution in [-0.2, 0) is 13.1 Å². The first-order valence-electron chi connectivity index (χ1n) is 10.3. The molecule has 0 saturated carbocycles. The van der Waals surface area contributed by atoms with Crippen LogP contribution in [0.5, 0.6) is 0 Å². The Morgan fingerprint density at radius 3 is 2.41 bits per heavy atom. The van der Waals surface area contributed by atoms with Gasteiger partial charge in [-0.2, -0.15) is 0 Å². The summed E-state index contributed by atoms with van der Waals surface area (Å²) >= 11 is 0. The molecule has 29 heavy (non-hydrogen) atoms. The molecule has 1 heterocycles. The van der Waals surface area contributed by atoms with Crippen LogP contribution in [0.25, 0.3) is 0 Å². The highest BCUT2D eigenvalue weighted by Gasteiger charge is 2.13. The van der Waals surface area contributed by atoms with Gasteiger partial charge in [0.2, 0.25) is 0 Å². The lowest BCUT2D eigenvalue weighted by Crippen LogP contribution is -2.36. The molecular weight excluding hydrogens is 366 g/mol. The molecule has 0 aliphatic carbocycles. The molecular formula is C22H33N5O2. The summed E-state index contributed by atoms with van der Waals surface area (Å²) in [5.74, 6) is 1.94. The molecule has 2 N–H and O–H groups in total. The van der Waals surface area contributed by atoms with Crippen LogP contribution in [0.3, 0.4) is 0 Å². The molecule has 158 valence electrons. The second-order valence-electron chi connectivity index (χ2n) is 7.18. The molecule has 0 radical (unpaired) electrons. The molecule has 1 amide bonds. The summed E-state index contributed by atoms with van der Waals surface area (Å²) in [4.78, 5) is 18.2. The molecule has 2 aromatic rings. The van der Waals surface area contributed by atoms with Gasteiger partial charge in [-0.1, -0.05) is 31.1 Å². The van der Waals surface area contributed by atoms with Crippen molar-refractivity contribution in [3.63, 3.8) is 0 Å². The van der Waals surface area contributed by atoms with Gasteiger partial charge in [0.25, 0.3) is 5.91 Å². The predicted octanol–water partition coefficient (Wildman–Crippen LogP) is 3.54. The largest absolute Gasteiger partial charge is 0.359 e. The standard InChI is InChI=1S/C22H33N5O2/c1-6-17(7-2)20-13-19(29-26-20)15-25-22(23-8-3)24-14-16-9-11-18(12-10-16)21(28)27(4)5/h9-13,17H,6-8,14-15H2,1-5H3,(H2,23,24,25). The quantitative estimate of drug-likeness (QED) is 0.498. The summed E-state index contributed by atoms with van der Waals surface area (Å²) in [6.45, 7) is 8.16. The van der Waals surface area contributed by atoms with Crippen LogP contribution < -0.4 is 10.6 Å². The lowest BCUT2D eigenvalue weighted by atomic mass is 9.99. The van der Waals surface area contributed by atoms with Crippen LogP contribution in [0, 0.1) is 0 Å². The fourth-order valence-electron chi connectivity index (χ4n) is 3.01. The van der Waals surface area contributed by atoms with E-state index < -0.39 is 0 Å². The molecule has 0 aliphatic rings. The van der Waals surface area contributed by atoms with E-state index in [-0.39, 0.29) is 5.91 Å². The number of aromatic nitrogens is 1. The van der Waals surface area contributed by atoms with Crippen molar-refractivity contribution >= 4 is 11.9 Å². The Morgan fingerprint density at radius 1 is 1.14 bits per heavy atom. The Morgan fingerprint density at radius 2 is 1.83 bits per heavy atom. The topological polar surface area (TPSA) is 82.8 Å². The van der Waals surface area contributed by atoms with Gasteiger partial charge < -0.3 is 20.1 Å². The van der Waals surface area contributed by atoms with E-state index in [0.717, 1.165) is 36.4 Å². The van der Waals surface area contributed by atoms with E-state index in [1.165, 1.54) is 0 Å². The molecule has 0 unspecified atom stereocenters. The molecule has 0 atom stereocenters. The summed E-state index contributed by atoms with van der Waals surface area (Å²) < 4.78 is 5.46. The predicted molar refractivity (Wildman–Crippen MR) is 116 cm³/mol. The minimum Gasteiger partial charge on any atom is -0.359 e. The minimum atomic E-state index is -0.00475. The van der Waals surface area contributed by atoms with E-state index >= 15 is 0 Å². The van der Waals surface area contributed by atoms with Crippen molar-refractivity contribution in [3.8, 4) is 0 Å². The molecule has 1 aromatic carbocycles. The molecule has 0 fully saturated rings. The van der Waals surface area contributed by atoms with Gasteiger partial charge in [0.1, 0.15) is 0 Å². The van der Waals surface area contributed by atoms with Crippen molar-refractivity contribution < 1.29 is 9.32 Å². The van der Waals surface area contributed by atoms with Crippen molar-refractivity contribution in [1.29, 1.82) is 0 Å². The van der Waals surface area contributed by atoms with Crippen LogP contribution in [0.15, 0.2) is 39.8 Å². The van der Waals surface area contributed by atoms with E-state index in [0.29, 0.717) is 30.5 Å². The third-order valence-corrected chi connectivity index (χ3v) is 4.78. The number of amides is 1. The first-order chi connectivity index (χ1) is 14.0. The fourth-order valence-corrected chi connectivity index (χ4v) is 3.01. The highest BCUT2D eigenvalue weighted by Crippen LogP contribution is 2.22. The van der Waals surface area contributed by atoms with Crippen molar-refractivity contribution in [2.24, 2.45) is 4.99 Å². The van der Waals surface area contributed by atoms with Crippen LogP contribution in [0.2, 0.25) is 0 Å². The van der Waals surface area contributed by atoms with Crippen LogP contribution in [0.1, 0.15) is 66.9 Å². The Balaban J connectivity index is 1.97. The first-order valence-corrected chi connectivity index (χ1v) is 10.3. The Labute approximate surface area is 173 Å². The van der Waals surface area contributed by atoms with E-state index in [9.17, 15) is 4.79 Å². The number of carbonyl (C=O) groups excluding carboxylic acids is 1. The number of rotatable bonds is 9. The van der Waals surface area contributed by atoms with E-state index in [1.807, 2.05) is 37.3 Å². The average molecular weight is 400 g/mol. The van der Waals surface area contributed by atoms with E-state index in [1.54, 1.807) is 19.0 Å². The zero-order chi connectivity index (χ0) is 21.2. The molecule has 0 spiro atoms. The van der Waals surface area contributed by atoms with Crippen molar-refractivity contribution in [2.45, 2.75) is 52.6 Å². The number of nitrogens with zero attached hydrogens (tertiary/aromatic N) is 3. The number of guanidine groups is 1. The maximum atomic E-state index is 12.0. The number of hydrogen-bond acceptors (Lipinski definition) is 4. The van der Waals surface area contributed by atoms with Crippen molar-refractivity contribution in [1.82, 2.24) is 20.7 Å². The second-order valence-corrected chi connectivity index (χ2v) is 7.18. The zero-order valence-electron chi connectivity index (χ0n) is 18.2. The van der Waals surface area contributed by atoms with Gasteiger partial charge in [0.05, 0.1) is 18.8 Å². The Hall–Kier alpha value is -2.83.